The number of hydrogen-bond donors (Lipinski definition) is 2. The molecule has 0 aliphatic carbocycles. The predicted octanol–water partition coefficient (Wildman–Crippen LogP) is 4.00. The van der Waals surface area contributed by atoms with Crippen LogP contribution in [0.3, 0.4) is 0 Å². The topological polar surface area (TPSA) is 93.2 Å². The summed E-state index contributed by atoms with van der Waals surface area (Å²) >= 11 is 1.24. The van der Waals surface area contributed by atoms with Crippen LogP contribution in [0, 0.1) is 0 Å². The second-order valence-electron chi connectivity index (χ2n) is 6.98. The molecule has 0 fully saturated rings. The average Bonchev–Trinajstić information content (AvgIpc) is 3.27. The molecule has 0 radical (unpaired) electrons. The summed E-state index contributed by atoms with van der Waals surface area (Å²) in [5, 5.41) is 14.8. The van der Waals surface area contributed by atoms with E-state index < -0.39 is 0 Å². The van der Waals surface area contributed by atoms with Crippen molar-refractivity contribution in [3.8, 4) is 5.75 Å². The molecule has 8 heteroatoms. The van der Waals surface area contributed by atoms with Gasteiger partial charge in [0.1, 0.15) is 10.8 Å². The maximum absolute atomic E-state index is 12.3. The number of benzene rings is 2. The van der Waals surface area contributed by atoms with Gasteiger partial charge in [0.25, 0.3) is 5.91 Å². The van der Waals surface area contributed by atoms with Crippen molar-refractivity contribution in [2.45, 2.75) is 39.2 Å². The Kier molecular flexibility index (Phi) is 8.12. The molecule has 1 aromatic heterocycles. The minimum Gasteiger partial charge on any atom is -0.497 e. The first-order chi connectivity index (χ1) is 15.1. The summed E-state index contributed by atoms with van der Waals surface area (Å²) in [6.45, 7) is 2.64. The number of ether oxygens (including phenoxy) is 1. The molecule has 31 heavy (non-hydrogen) atoms. The first kappa shape index (κ1) is 22.4. The van der Waals surface area contributed by atoms with Gasteiger partial charge in [-0.25, -0.2) is 0 Å². The van der Waals surface area contributed by atoms with Gasteiger partial charge < -0.3 is 15.4 Å². The highest BCUT2D eigenvalue weighted by molar-refractivity contribution is 7.13. The van der Waals surface area contributed by atoms with Crippen molar-refractivity contribution in [1.82, 2.24) is 15.5 Å². The number of rotatable bonds is 10. The zero-order chi connectivity index (χ0) is 22.1. The third-order valence-electron chi connectivity index (χ3n) is 4.72. The lowest BCUT2D eigenvalue weighted by Crippen LogP contribution is -2.22. The fourth-order valence-electron chi connectivity index (χ4n) is 2.89. The fourth-order valence-corrected chi connectivity index (χ4v) is 3.66. The molecule has 7 nitrogen and oxygen atoms in total. The van der Waals surface area contributed by atoms with Crippen LogP contribution in [-0.4, -0.2) is 29.1 Å². The van der Waals surface area contributed by atoms with Gasteiger partial charge in [0.2, 0.25) is 10.9 Å². The monoisotopic (exact) mass is 438 g/mol. The highest BCUT2D eigenvalue weighted by Crippen LogP contribution is 2.18. The van der Waals surface area contributed by atoms with E-state index in [4.69, 9.17) is 4.74 Å². The van der Waals surface area contributed by atoms with Crippen LogP contribution < -0.4 is 15.4 Å². The minimum absolute atomic E-state index is 0.00144. The number of carbonyl (C=O) groups excluding carboxylic acids is 2. The van der Waals surface area contributed by atoms with Crippen LogP contribution in [0.2, 0.25) is 0 Å². The maximum Gasteiger partial charge on any atom is 0.286 e. The highest BCUT2D eigenvalue weighted by Gasteiger charge is 2.13. The van der Waals surface area contributed by atoms with Gasteiger partial charge in [-0.1, -0.05) is 42.5 Å². The van der Waals surface area contributed by atoms with Crippen molar-refractivity contribution in [2.24, 2.45) is 0 Å². The third-order valence-corrected chi connectivity index (χ3v) is 5.71. The van der Waals surface area contributed by atoms with Crippen molar-refractivity contribution < 1.29 is 14.3 Å². The number of anilines is 1. The Morgan fingerprint density at radius 1 is 1.00 bits per heavy atom. The van der Waals surface area contributed by atoms with Crippen LogP contribution >= 0.6 is 11.3 Å². The van der Waals surface area contributed by atoms with E-state index in [0.717, 1.165) is 22.7 Å². The van der Waals surface area contributed by atoms with E-state index in [1.54, 1.807) is 31.4 Å². The van der Waals surface area contributed by atoms with Crippen molar-refractivity contribution in [1.29, 1.82) is 0 Å². The summed E-state index contributed by atoms with van der Waals surface area (Å²) in [5.41, 5.74) is 3.02. The van der Waals surface area contributed by atoms with Gasteiger partial charge in [-0.3, -0.25) is 9.59 Å². The molecule has 3 aromatic rings. The smallest absolute Gasteiger partial charge is 0.286 e. The van der Waals surface area contributed by atoms with E-state index in [1.807, 2.05) is 12.1 Å². The zero-order valence-electron chi connectivity index (χ0n) is 17.7. The zero-order valence-corrected chi connectivity index (χ0v) is 18.5. The fraction of sp³-hybridized carbons (Fsp3) is 0.304. The number of amides is 2. The first-order valence-electron chi connectivity index (χ1n) is 10.2. The number of carbonyl (C=O) groups is 2. The van der Waals surface area contributed by atoms with Gasteiger partial charge in [0, 0.05) is 25.1 Å². The molecule has 0 aliphatic heterocycles. The van der Waals surface area contributed by atoms with E-state index in [0.29, 0.717) is 36.5 Å². The number of hydrogen-bond acceptors (Lipinski definition) is 6. The maximum atomic E-state index is 12.3. The number of nitrogens with zero attached hydrogens (tertiary/aromatic N) is 2. The largest absolute Gasteiger partial charge is 0.497 e. The first-order valence-corrected chi connectivity index (χ1v) is 11.0. The van der Waals surface area contributed by atoms with Gasteiger partial charge in [-0.2, -0.15) is 0 Å². The molecule has 0 atom stereocenters. The molecule has 0 unspecified atom stereocenters. The van der Waals surface area contributed by atoms with Crippen LogP contribution in [0.4, 0.5) is 5.69 Å². The molecule has 2 aromatic carbocycles. The van der Waals surface area contributed by atoms with Gasteiger partial charge >= 0.3 is 0 Å². The molecule has 162 valence electrons. The summed E-state index contributed by atoms with van der Waals surface area (Å²) in [6, 6.07) is 15.3. The van der Waals surface area contributed by atoms with E-state index in [9.17, 15) is 9.59 Å². The normalized spacial score (nSPS) is 10.5. The quantitative estimate of drug-likeness (QED) is 0.499. The van der Waals surface area contributed by atoms with Crippen molar-refractivity contribution in [3.05, 3.63) is 69.7 Å². The van der Waals surface area contributed by atoms with Crippen LogP contribution in [0.25, 0.3) is 0 Å². The summed E-state index contributed by atoms with van der Waals surface area (Å²) in [5.74, 6) is 0.414. The predicted molar refractivity (Wildman–Crippen MR) is 121 cm³/mol. The van der Waals surface area contributed by atoms with Crippen LogP contribution in [0.15, 0.2) is 48.5 Å². The van der Waals surface area contributed by atoms with Crippen LogP contribution in [-0.2, 0) is 24.2 Å². The van der Waals surface area contributed by atoms with Gasteiger partial charge in [0.15, 0.2) is 0 Å². The molecule has 2 amide bonds. The second-order valence-corrected chi connectivity index (χ2v) is 8.05. The number of methoxy groups -OCH3 is 1. The summed E-state index contributed by atoms with van der Waals surface area (Å²) in [7, 11) is 1.59. The molecule has 0 saturated heterocycles. The highest BCUT2D eigenvalue weighted by atomic mass is 32.1. The molecule has 1 heterocycles. The van der Waals surface area contributed by atoms with Crippen molar-refractivity contribution in [2.75, 3.05) is 12.4 Å². The van der Waals surface area contributed by atoms with Crippen molar-refractivity contribution in [3.63, 3.8) is 0 Å². The Balaban J connectivity index is 1.39. The number of aromatic nitrogens is 2. The lowest BCUT2D eigenvalue weighted by atomic mass is 10.1. The SMILES string of the molecule is CCc1ccc(CNC(=O)CCCc2nnc(C(=O)Nc3ccc(OC)cc3)s2)cc1. The Morgan fingerprint density at radius 2 is 1.71 bits per heavy atom. The van der Waals surface area contributed by atoms with Crippen LogP contribution in [0.1, 0.15) is 45.7 Å². The Hall–Kier alpha value is -3.26. The molecule has 0 saturated carbocycles. The molecule has 0 bridgehead atoms. The minimum atomic E-state index is -0.305. The standard InChI is InChI=1S/C23H26N4O3S/c1-3-16-7-9-17(10-8-16)15-24-20(28)5-4-6-21-26-27-23(31-21)22(29)25-18-11-13-19(30-2)14-12-18/h7-14H,3-6,15H2,1-2H3,(H,24,28)(H,25,29). The van der Waals surface area contributed by atoms with Gasteiger partial charge in [-0.05, 0) is 48.2 Å². The number of nitrogens with one attached hydrogen (secondary N) is 2. The van der Waals surface area contributed by atoms with Gasteiger partial charge in [-0.15, -0.1) is 10.2 Å². The summed E-state index contributed by atoms with van der Waals surface area (Å²) < 4.78 is 5.10. The number of aryl methyl sites for hydroxylation is 2. The Labute approximate surface area is 185 Å². The lowest BCUT2D eigenvalue weighted by Gasteiger charge is -2.06. The van der Waals surface area contributed by atoms with Gasteiger partial charge in [0.05, 0.1) is 7.11 Å². The summed E-state index contributed by atoms with van der Waals surface area (Å²) in [4.78, 5) is 24.4. The van der Waals surface area contributed by atoms with Crippen molar-refractivity contribution >= 4 is 28.8 Å². The third kappa shape index (κ3) is 6.89. The average molecular weight is 439 g/mol. The Bertz CT molecular complexity index is 1000. The van der Waals surface area contributed by atoms with E-state index in [1.165, 1.54) is 16.9 Å². The molecule has 2 N–H and O–H groups in total. The molecule has 3 rings (SSSR count). The summed E-state index contributed by atoms with van der Waals surface area (Å²) in [6.07, 6.45) is 2.66. The Morgan fingerprint density at radius 3 is 2.39 bits per heavy atom. The second kappa shape index (κ2) is 11.2. The molecule has 0 aliphatic rings. The van der Waals surface area contributed by atoms with E-state index in [-0.39, 0.29) is 11.8 Å². The lowest BCUT2D eigenvalue weighted by molar-refractivity contribution is -0.121. The van der Waals surface area contributed by atoms with Crippen LogP contribution in [0.5, 0.6) is 5.75 Å². The van der Waals surface area contributed by atoms with E-state index >= 15 is 0 Å². The molecular weight excluding hydrogens is 412 g/mol. The van der Waals surface area contributed by atoms with E-state index in [2.05, 4.69) is 39.9 Å². The molecular formula is C23H26N4O3S. The molecule has 0 spiro atoms.